The van der Waals surface area contributed by atoms with Gasteiger partial charge in [-0.25, -0.2) is 14.4 Å². The highest BCUT2D eigenvalue weighted by Crippen LogP contribution is 2.29. The highest BCUT2D eigenvalue weighted by molar-refractivity contribution is 9.10. The van der Waals surface area contributed by atoms with Crippen LogP contribution in [0.25, 0.3) is 16.9 Å². The van der Waals surface area contributed by atoms with Crippen LogP contribution in [-0.4, -0.2) is 38.8 Å². The van der Waals surface area contributed by atoms with E-state index in [4.69, 9.17) is 24.5 Å². The molecular formula is C34H28BrFN8O2. The van der Waals surface area contributed by atoms with Crippen molar-refractivity contribution in [3.63, 3.8) is 0 Å². The van der Waals surface area contributed by atoms with Crippen molar-refractivity contribution in [2.75, 3.05) is 24.4 Å². The van der Waals surface area contributed by atoms with Crippen LogP contribution in [0.15, 0.2) is 95.6 Å². The Labute approximate surface area is 273 Å². The largest absolute Gasteiger partial charge is 0.497 e. The third-order valence-corrected chi connectivity index (χ3v) is 7.69. The number of fused-ring (bicyclic) bond motifs is 1. The maximum absolute atomic E-state index is 15.5. The first-order valence-corrected chi connectivity index (χ1v) is 15.1. The number of aromatic nitrogens is 5. The van der Waals surface area contributed by atoms with Gasteiger partial charge in [0.2, 0.25) is 11.9 Å². The first-order chi connectivity index (χ1) is 22.4. The number of hydrogen-bond donors (Lipinski definition) is 1. The Morgan fingerprint density at radius 2 is 1.52 bits per heavy atom. The molecule has 3 aromatic carbocycles. The fourth-order valence-corrected chi connectivity index (χ4v) is 5.31. The molecule has 0 aliphatic carbocycles. The van der Waals surface area contributed by atoms with Crippen LogP contribution in [0.2, 0.25) is 0 Å². The van der Waals surface area contributed by atoms with Gasteiger partial charge in [-0.2, -0.15) is 14.8 Å². The van der Waals surface area contributed by atoms with Gasteiger partial charge in [0.1, 0.15) is 28.0 Å². The second kappa shape index (κ2) is 13.6. The minimum atomic E-state index is -0.650. The zero-order valence-electron chi connectivity index (χ0n) is 25.0. The molecule has 0 spiro atoms. The van der Waals surface area contributed by atoms with Crippen LogP contribution in [0.1, 0.15) is 22.4 Å². The van der Waals surface area contributed by atoms with Gasteiger partial charge in [-0.1, -0.05) is 36.4 Å². The number of ether oxygens (including phenoxy) is 2. The molecule has 46 heavy (non-hydrogen) atoms. The highest BCUT2D eigenvalue weighted by Gasteiger charge is 2.21. The van der Waals surface area contributed by atoms with E-state index in [1.165, 1.54) is 6.07 Å². The predicted octanol–water partition coefficient (Wildman–Crippen LogP) is 6.80. The van der Waals surface area contributed by atoms with Crippen LogP contribution in [-0.2, 0) is 19.6 Å². The Balaban J connectivity index is 1.47. The third kappa shape index (κ3) is 6.74. The summed E-state index contributed by atoms with van der Waals surface area (Å²) in [5.41, 5.74) is 3.66. The van der Waals surface area contributed by atoms with Gasteiger partial charge in [0.05, 0.1) is 37.7 Å². The van der Waals surface area contributed by atoms with Crippen LogP contribution < -0.4 is 19.7 Å². The Morgan fingerprint density at radius 1 is 0.870 bits per heavy atom. The molecule has 0 aliphatic rings. The predicted molar refractivity (Wildman–Crippen MR) is 176 cm³/mol. The molecule has 0 atom stereocenters. The lowest BCUT2D eigenvalue weighted by Gasteiger charge is -2.25. The number of benzene rings is 3. The van der Waals surface area contributed by atoms with Crippen LogP contribution in [0.3, 0.4) is 0 Å². The topological polar surface area (TPSA) is 113 Å². The minimum absolute atomic E-state index is 0.0700. The molecule has 10 nitrogen and oxygen atoms in total. The van der Waals surface area contributed by atoms with Crippen molar-refractivity contribution in [3.8, 4) is 28.8 Å². The summed E-state index contributed by atoms with van der Waals surface area (Å²) < 4.78 is 28.6. The molecule has 12 heteroatoms. The maximum atomic E-state index is 15.5. The Morgan fingerprint density at radius 3 is 2.13 bits per heavy atom. The van der Waals surface area contributed by atoms with Gasteiger partial charge in [0, 0.05) is 24.7 Å². The first-order valence-electron chi connectivity index (χ1n) is 14.3. The number of hydrogen-bond acceptors (Lipinski definition) is 9. The maximum Gasteiger partial charge on any atom is 0.243 e. The average Bonchev–Trinajstić information content (AvgIpc) is 3.50. The first kappa shape index (κ1) is 30.5. The molecule has 0 aliphatic heterocycles. The molecule has 0 fully saturated rings. The Hall–Kier alpha value is -5.54. The summed E-state index contributed by atoms with van der Waals surface area (Å²) in [6, 6.07) is 29.4. The molecule has 0 radical (unpaired) electrons. The van der Waals surface area contributed by atoms with Gasteiger partial charge in [0.15, 0.2) is 5.65 Å². The lowest BCUT2D eigenvalue weighted by atomic mass is 10.1. The molecule has 230 valence electrons. The van der Waals surface area contributed by atoms with Crippen molar-refractivity contribution in [2.24, 2.45) is 0 Å². The van der Waals surface area contributed by atoms with E-state index in [1.807, 2.05) is 77.7 Å². The molecule has 0 amide bonds. The van der Waals surface area contributed by atoms with Crippen LogP contribution >= 0.6 is 15.9 Å². The van der Waals surface area contributed by atoms with Crippen molar-refractivity contribution < 1.29 is 13.9 Å². The number of anilines is 2. The summed E-state index contributed by atoms with van der Waals surface area (Å²) in [4.78, 5) is 16.2. The normalized spacial score (nSPS) is 10.8. The van der Waals surface area contributed by atoms with Crippen molar-refractivity contribution >= 4 is 33.5 Å². The van der Waals surface area contributed by atoms with E-state index >= 15 is 4.39 Å². The Bertz CT molecular complexity index is 1980. The lowest BCUT2D eigenvalue weighted by molar-refractivity contribution is 0.414. The summed E-state index contributed by atoms with van der Waals surface area (Å²) in [7, 11) is 3.25. The molecule has 3 heterocycles. The highest BCUT2D eigenvalue weighted by atomic mass is 79.9. The molecule has 0 bridgehead atoms. The third-order valence-electron chi connectivity index (χ3n) is 7.25. The molecule has 6 rings (SSSR count). The fraction of sp³-hybridized carbons (Fsp3) is 0.147. The molecule has 3 aromatic heterocycles. The molecular weight excluding hydrogens is 651 g/mol. The van der Waals surface area contributed by atoms with Gasteiger partial charge in [-0.3, -0.25) is 0 Å². The van der Waals surface area contributed by atoms with Gasteiger partial charge >= 0.3 is 0 Å². The summed E-state index contributed by atoms with van der Waals surface area (Å²) in [6.45, 7) is 1.26. The van der Waals surface area contributed by atoms with Crippen molar-refractivity contribution in [2.45, 2.75) is 19.6 Å². The van der Waals surface area contributed by atoms with E-state index in [-0.39, 0.29) is 11.1 Å². The van der Waals surface area contributed by atoms with Gasteiger partial charge in [0.25, 0.3) is 0 Å². The second-order valence-electron chi connectivity index (χ2n) is 10.3. The van der Waals surface area contributed by atoms with E-state index in [2.05, 4.69) is 26.2 Å². The summed E-state index contributed by atoms with van der Waals surface area (Å²) in [5.74, 6) is 1.62. The number of halogens is 2. The standard InChI is InChI=1S/C34H28BrFN8O2/c1-45-26-13-9-22(10-14-26)20-43(21-23-11-15-27(46-2)16-12-23)34-40-29(28-7-3-5-24(18-37)32(28)36)17-31-41-33(42-44(31)34)38-19-25-6-4-8-30(35)39-25/h3-17H,19-21H2,1-2H3,(H,38,42). The van der Waals surface area contributed by atoms with E-state index in [1.54, 1.807) is 36.9 Å². The van der Waals surface area contributed by atoms with Crippen LogP contribution in [0, 0.1) is 17.1 Å². The number of nitrogens with zero attached hydrogens (tertiary/aromatic N) is 7. The zero-order chi connectivity index (χ0) is 32.0. The number of pyridine rings is 1. The van der Waals surface area contributed by atoms with Crippen molar-refractivity contribution in [1.29, 1.82) is 5.26 Å². The summed E-state index contributed by atoms with van der Waals surface area (Å²) in [6.07, 6.45) is 0. The van der Waals surface area contributed by atoms with E-state index in [0.29, 0.717) is 42.9 Å². The van der Waals surface area contributed by atoms with Crippen molar-refractivity contribution in [3.05, 3.63) is 124 Å². The SMILES string of the molecule is COc1ccc(CN(Cc2ccc(OC)cc2)c2nc(-c3cccc(C#N)c3F)cc3nc(NCc4cccc(Br)n4)nn23)cc1. The summed E-state index contributed by atoms with van der Waals surface area (Å²) >= 11 is 3.41. The number of methoxy groups -OCH3 is 2. The molecule has 0 saturated carbocycles. The van der Waals surface area contributed by atoms with Gasteiger partial charge in [-0.15, -0.1) is 5.10 Å². The number of rotatable bonds is 11. The van der Waals surface area contributed by atoms with Crippen molar-refractivity contribution in [1.82, 2.24) is 24.6 Å². The van der Waals surface area contributed by atoms with Crippen LogP contribution in [0.4, 0.5) is 16.3 Å². The van der Waals surface area contributed by atoms with Crippen LogP contribution in [0.5, 0.6) is 11.5 Å². The zero-order valence-corrected chi connectivity index (χ0v) is 26.6. The number of nitrogens with one attached hydrogen (secondary N) is 1. The fourth-order valence-electron chi connectivity index (χ4n) is 4.93. The monoisotopic (exact) mass is 678 g/mol. The Kier molecular flexibility index (Phi) is 9.03. The smallest absolute Gasteiger partial charge is 0.243 e. The van der Waals surface area contributed by atoms with Gasteiger partial charge in [-0.05, 0) is 75.6 Å². The lowest BCUT2D eigenvalue weighted by Crippen LogP contribution is -2.26. The average molecular weight is 680 g/mol. The van der Waals surface area contributed by atoms with E-state index < -0.39 is 5.82 Å². The van der Waals surface area contributed by atoms with E-state index in [9.17, 15) is 5.26 Å². The summed E-state index contributed by atoms with van der Waals surface area (Å²) in [5, 5.41) is 17.5. The minimum Gasteiger partial charge on any atom is -0.497 e. The molecule has 0 unspecified atom stereocenters. The molecule has 6 aromatic rings. The second-order valence-corrected chi connectivity index (χ2v) is 11.1. The molecule has 1 N–H and O–H groups in total. The number of nitriles is 1. The van der Waals surface area contributed by atoms with E-state index in [0.717, 1.165) is 32.9 Å². The quantitative estimate of drug-likeness (QED) is 0.148. The van der Waals surface area contributed by atoms with Gasteiger partial charge < -0.3 is 19.7 Å². The molecule has 0 saturated heterocycles.